The second-order valence-electron chi connectivity index (χ2n) is 7.81. The molecule has 0 bridgehead atoms. The Kier molecular flexibility index (Phi) is 6.69. The van der Waals surface area contributed by atoms with Crippen LogP contribution in [-0.4, -0.2) is 10.5 Å². The number of anilines is 1. The highest BCUT2D eigenvalue weighted by Gasteiger charge is 2.17. The van der Waals surface area contributed by atoms with Gasteiger partial charge in [0.15, 0.2) is 0 Å². The molecule has 0 aliphatic carbocycles. The van der Waals surface area contributed by atoms with E-state index in [9.17, 15) is 10.1 Å². The third-order valence-corrected chi connectivity index (χ3v) is 6.40. The Hall–Kier alpha value is -3.33. The molecular weight excluding hydrogens is 498 g/mol. The van der Waals surface area contributed by atoms with E-state index in [1.165, 1.54) is 0 Å². The molecule has 0 aliphatic rings. The summed E-state index contributed by atoms with van der Waals surface area (Å²) in [5, 5.41) is 14.1. The zero-order chi connectivity index (χ0) is 23.5. The monoisotopic (exact) mass is 517 g/mol. The minimum atomic E-state index is -0.466. The number of carbonyl (C=O) groups excluding carboxylic acids is 1. The molecule has 4 rings (SSSR count). The molecule has 4 nitrogen and oxygen atoms in total. The fourth-order valence-corrected chi connectivity index (χ4v) is 4.26. The molecule has 0 fully saturated rings. The molecule has 0 radical (unpaired) electrons. The number of fused-ring (bicyclic) bond motifs is 1. The second-order valence-corrected chi connectivity index (χ2v) is 9.16. The van der Waals surface area contributed by atoms with Crippen LogP contribution in [-0.2, 0) is 11.3 Å². The standard InChI is InChI=1S/C27H21BrClN3O/c1-17-7-12-22(29)14-25(17)31-27(33)20(15-30)13-24-18(2)32(26-6-4-3-5-23(24)26)16-19-8-10-21(28)11-9-19/h3-14H,16H2,1-2H3,(H,31,33). The van der Waals surface area contributed by atoms with Crippen molar-refractivity contribution in [1.29, 1.82) is 5.26 Å². The number of para-hydroxylation sites is 1. The average molecular weight is 519 g/mol. The molecule has 0 saturated carbocycles. The summed E-state index contributed by atoms with van der Waals surface area (Å²) in [5.74, 6) is -0.466. The predicted molar refractivity (Wildman–Crippen MR) is 138 cm³/mol. The number of nitrogens with one attached hydrogen (secondary N) is 1. The number of nitrogens with zero attached hydrogens (tertiary/aromatic N) is 2. The number of halogens is 2. The smallest absolute Gasteiger partial charge is 0.266 e. The van der Waals surface area contributed by atoms with E-state index >= 15 is 0 Å². The lowest BCUT2D eigenvalue weighted by molar-refractivity contribution is -0.112. The molecule has 1 amide bonds. The number of carbonyl (C=O) groups is 1. The summed E-state index contributed by atoms with van der Waals surface area (Å²) in [7, 11) is 0. The minimum Gasteiger partial charge on any atom is -0.340 e. The van der Waals surface area contributed by atoms with Gasteiger partial charge in [-0.1, -0.05) is 63.9 Å². The van der Waals surface area contributed by atoms with Crippen LogP contribution < -0.4 is 5.32 Å². The molecule has 4 aromatic rings. The van der Waals surface area contributed by atoms with Gasteiger partial charge < -0.3 is 9.88 Å². The van der Waals surface area contributed by atoms with E-state index < -0.39 is 5.91 Å². The van der Waals surface area contributed by atoms with Crippen molar-refractivity contribution in [2.45, 2.75) is 20.4 Å². The van der Waals surface area contributed by atoms with Gasteiger partial charge in [-0.05, 0) is 61.4 Å². The van der Waals surface area contributed by atoms with Crippen molar-refractivity contribution < 1.29 is 4.79 Å². The topological polar surface area (TPSA) is 57.8 Å². The van der Waals surface area contributed by atoms with Gasteiger partial charge in [0.2, 0.25) is 0 Å². The summed E-state index contributed by atoms with van der Waals surface area (Å²) in [6.07, 6.45) is 1.67. The van der Waals surface area contributed by atoms with Crippen molar-refractivity contribution in [3.8, 4) is 6.07 Å². The van der Waals surface area contributed by atoms with Crippen LogP contribution in [0.5, 0.6) is 0 Å². The Labute approximate surface area is 206 Å². The fourth-order valence-electron chi connectivity index (χ4n) is 3.83. The fraction of sp³-hybridized carbons (Fsp3) is 0.111. The second kappa shape index (κ2) is 9.66. The SMILES string of the molecule is Cc1ccc(Cl)cc1NC(=O)C(C#N)=Cc1c(C)n(Cc2ccc(Br)cc2)c2ccccc12. The van der Waals surface area contributed by atoms with Crippen LogP contribution in [0.1, 0.15) is 22.4 Å². The number of amides is 1. The summed E-state index contributed by atoms with van der Waals surface area (Å²) in [4.78, 5) is 12.9. The van der Waals surface area contributed by atoms with E-state index in [2.05, 4.69) is 50.1 Å². The summed E-state index contributed by atoms with van der Waals surface area (Å²) in [5.41, 5.74) is 5.54. The Morgan fingerprint density at radius 2 is 1.85 bits per heavy atom. The highest BCUT2D eigenvalue weighted by molar-refractivity contribution is 9.10. The molecule has 1 N–H and O–H groups in total. The molecule has 3 aromatic carbocycles. The number of hydrogen-bond donors (Lipinski definition) is 1. The van der Waals surface area contributed by atoms with Crippen molar-refractivity contribution in [2.24, 2.45) is 0 Å². The molecular formula is C27H21BrClN3O. The Morgan fingerprint density at radius 1 is 1.12 bits per heavy atom. The lowest BCUT2D eigenvalue weighted by Gasteiger charge is -2.09. The first-order chi connectivity index (χ1) is 15.9. The average Bonchev–Trinajstić information content (AvgIpc) is 3.06. The van der Waals surface area contributed by atoms with Crippen LogP contribution in [0.2, 0.25) is 5.02 Å². The number of rotatable bonds is 5. The summed E-state index contributed by atoms with van der Waals surface area (Å²) >= 11 is 9.55. The normalized spacial score (nSPS) is 11.4. The van der Waals surface area contributed by atoms with Crippen molar-refractivity contribution in [3.05, 3.63) is 104 Å². The third kappa shape index (κ3) is 4.88. The summed E-state index contributed by atoms with van der Waals surface area (Å²) < 4.78 is 3.24. The van der Waals surface area contributed by atoms with Crippen molar-refractivity contribution >= 4 is 56.1 Å². The number of aryl methyl sites for hydroxylation is 1. The maximum Gasteiger partial charge on any atom is 0.266 e. The maximum atomic E-state index is 12.9. The molecule has 0 atom stereocenters. The first-order valence-corrected chi connectivity index (χ1v) is 11.6. The number of hydrogen-bond acceptors (Lipinski definition) is 2. The summed E-state index contributed by atoms with van der Waals surface area (Å²) in [6, 6.07) is 23.6. The number of benzene rings is 3. The van der Waals surface area contributed by atoms with Crippen LogP contribution in [0.15, 0.2) is 76.8 Å². The van der Waals surface area contributed by atoms with Crippen LogP contribution in [0.3, 0.4) is 0 Å². The van der Waals surface area contributed by atoms with Crippen molar-refractivity contribution in [2.75, 3.05) is 5.32 Å². The van der Waals surface area contributed by atoms with Gasteiger partial charge in [0.05, 0.1) is 0 Å². The van der Waals surface area contributed by atoms with Gasteiger partial charge in [0, 0.05) is 43.9 Å². The van der Waals surface area contributed by atoms with Crippen LogP contribution in [0.25, 0.3) is 17.0 Å². The minimum absolute atomic E-state index is 0.0315. The molecule has 6 heteroatoms. The zero-order valence-electron chi connectivity index (χ0n) is 18.2. The van der Waals surface area contributed by atoms with Crippen LogP contribution in [0.4, 0.5) is 5.69 Å². The zero-order valence-corrected chi connectivity index (χ0v) is 20.5. The lowest BCUT2D eigenvalue weighted by Crippen LogP contribution is -2.14. The molecule has 1 aromatic heterocycles. The molecule has 33 heavy (non-hydrogen) atoms. The molecule has 0 unspecified atom stereocenters. The molecule has 0 aliphatic heterocycles. The first kappa shape index (κ1) is 22.8. The van der Waals surface area contributed by atoms with E-state index in [4.69, 9.17) is 11.6 Å². The Morgan fingerprint density at radius 3 is 2.58 bits per heavy atom. The van der Waals surface area contributed by atoms with Crippen LogP contribution >= 0.6 is 27.5 Å². The molecule has 1 heterocycles. The molecule has 0 saturated heterocycles. The third-order valence-electron chi connectivity index (χ3n) is 5.64. The lowest BCUT2D eigenvalue weighted by atomic mass is 10.1. The largest absolute Gasteiger partial charge is 0.340 e. The van der Waals surface area contributed by atoms with E-state index in [1.54, 1.807) is 18.2 Å². The quantitative estimate of drug-likeness (QED) is 0.223. The molecule has 0 spiro atoms. The van der Waals surface area contributed by atoms with Gasteiger partial charge in [-0.25, -0.2) is 0 Å². The highest BCUT2D eigenvalue weighted by Crippen LogP contribution is 2.29. The van der Waals surface area contributed by atoms with Crippen molar-refractivity contribution in [1.82, 2.24) is 4.57 Å². The van der Waals surface area contributed by atoms with Crippen LogP contribution in [0, 0.1) is 25.2 Å². The van der Waals surface area contributed by atoms with Gasteiger partial charge in [-0.2, -0.15) is 5.26 Å². The van der Waals surface area contributed by atoms with Gasteiger partial charge in [0.1, 0.15) is 11.6 Å². The predicted octanol–water partition coefficient (Wildman–Crippen LogP) is 7.27. The van der Waals surface area contributed by atoms with Gasteiger partial charge >= 0.3 is 0 Å². The van der Waals surface area contributed by atoms with E-state index in [0.717, 1.165) is 37.8 Å². The van der Waals surface area contributed by atoms with E-state index in [-0.39, 0.29) is 5.57 Å². The van der Waals surface area contributed by atoms with Gasteiger partial charge in [0.25, 0.3) is 5.91 Å². The van der Waals surface area contributed by atoms with E-state index in [0.29, 0.717) is 17.3 Å². The Balaban J connectivity index is 1.74. The summed E-state index contributed by atoms with van der Waals surface area (Å²) in [6.45, 7) is 4.57. The molecule has 164 valence electrons. The van der Waals surface area contributed by atoms with Gasteiger partial charge in [-0.3, -0.25) is 4.79 Å². The first-order valence-electron chi connectivity index (χ1n) is 10.4. The highest BCUT2D eigenvalue weighted by atomic mass is 79.9. The maximum absolute atomic E-state index is 12.9. The number of aromatic nitrogens is 1. The van der Waals surface area contributed by atoms with Gasteiger partial charge in [-0.15, -0.1) is 0 Å². The Bertz CT molecular complexity index is 1430. The van der Waals surface area contributed by atoms with Crippen molar-refractivity contribution in [3.63, 3.8) is 0 Å². The number of nitriles is 1. The van der Waals surface area contributed by atoms with E-state index in [1.807, 2.05) is 50.2 Å².